The van der Waals surface area contributed by atoms with Gasteiger partial charge in [0.1, 0.15) is 29.4 Å². The summed E-state index contributed by atoms with van der Waals surface area (Å²) in [4.78, 5) is 67.3. The molecule has 2 bridgehead atoms. The Morgan fingerprint density at radius 1 is 1.05 bits per heavy atom. The Bertz CT molecular complexity index is 1940. The zero-order valence-corrected chi connectivity index (χ0v) is 38.3. The first kappa shape index (κ1) is 49.1. The van der Waals surface area contributed by atoms with E-state index in [1.165, 1.54) is 32.1 Å². The molecule has 0 radical (unpaired) electrons. The van der Waals surface area contributed by atoms with Crippen molar-refractivity contribution in [2.24, 2.45) is 27.9 Å². The maximum atomic E-state index is 14.5. The molecule has 5 rings (SSSR count). The first-order chi connectivity index (χ1) is 29.2. The summed E-state index contributed by atoms with van der Waals surface area (Å²) in [6.45, 7) is 12.7. The molecule has 62 heavy (non-hydrogen) atoms. The summed E-state index contributed by atoms with van der Waals surface area (Å²) < 4.78 is 32.2. The number of aliphatic hydroxyl groups excluding tert-OH is 1. The van der Waals surface area contributed by atoms with Crippen molar-refractivity contribution >= 4 is 52.0 Å². The number of rotatable bonds is 9. The number of nitrogens with zero attached hydrogens (tertiary/aromatic N) is 3. The number of amides is 2. The molecule has 1 aromatic heterocycles. The maximum absolute atomic E-state index is 14.5. The number of cyclic esters (lactones) is 1. The largest absolute Gasteiger partial charge is 0.459 e. The topological polar surface area (TPSA) is 204 Å². The number of para-hydroxylation sites is 1. The lowest BCUT2D eigenvalue weighted by Crippen LogP contribution is -2.59. The minimum Gasteiger partial charge on any atom is -0.459 e. The molecule has 12 atom stereocenters. The van der Waals surface area contributed by atoms with Crippen LogP contribution < -0.4 is 5.32 Å². The predicted molar refractivity (Wildman–Crippen MR) is 233 cm³/mol. The van der Waals surface area contributed by atoms with Gasteiger partial charge in [-0.1, -0.05) is 44.1 Å². The number of ether oxygens (including phenoxy) is 5. The van der Waals surface area contributed by atoms with E-state index in [1.54, 1.807) is 45.0 Å². The van der Waals surface area contributed by atoms with Crippen LogP contribution in [0.1, 0.15) is 95.6 Å². The molecule has 342 valence electrons. The number of hydrogen-bond donors (Lipinski definition) is 3. The van der Waals surface area contributed by atoms with E-state index < -0.39 is 77.3 Å². The van der Waals surface area contributed by atoms with Gasteiger partial charge in [0.2, 0.25) is 5.91 Å². The van der Waals surface area contributed by atoms with Gasteiger partial charge in [0.15, 0.2) is 18.7 Å². The Labute approximate surface area is 368 Å². The van der Waals surface area contributed by atoms with Gasteiger partial charge in [-0.15, -0.1) is 11.3 Å². The Hall–Kier alpha value is -3.94. The highest BCUT2D eigenvalue weighted by atomic mass is 32.1. The van der Waals surface area contributed by atoms with Crippen LogP contribution in [0.15, 0.2) is 52.6 Å². The first-order valence-electron chi connectivity index (χ1n) is 21.3. The lowest BCUT2D eigenvalue weighted by molar-refractivity contribution is -0.296. The molecule has 1 aromatic carbocycles. The molecule has 17 heteroatoms. The lowest BCUT2D eigenvalue weighted by Gasteiger charge is -2.47. The number of fused-ring (bicyclic) bond motifs is 5. The highest BCUT2D eigenvalue weighted by Crippen LogP contribution is 2.39. The second-order valence-corrected chi connectivity index (χ2v) is 18.6. The Kier molecular flexibility index (Phi) is 16.8. The maximum Gasteiger partial charge on any atom is 0.316 e. The molecule has 3 aliphatic rings. The van der Waals surface area contributed by atoms with Crippen LogP contribution in [0.25, 0.3) is 0 Å². The molecule has 3 saturated heterocycles. The fraction of sp³-hybridized carbons (Fsp3) is 0.644. The smallest absolute Gasteiger partial charge is 0.316 e. The molecule has 0 spiro atoms. The Morgan fingerprint density at radius 2 is 1.76 bits per heavy atom. The van der Waals surface area contributed by atoms with E-state index in [0.29, 0.717) is 27.6 Å². The third-order valence-corrected chi connectivity index (χ3v) is 13.1. The predicted octanol–water partition coefficient (Wildman–Crippen LogP) is 5.19. The number of oxime groups is 1. The Morgan fingerprint density at radius 3 is 2.42 bits per heavy atom. The van der Waals surface area contributed by atoms with Gasteiger partial charge in [-0.25, -0.2) is 4.99 Å². The number of Topliss-reactive ketones (excluding diaryl/α,β-unsaturated/α-hetero) is 1. The Balaban J connectivity index is 1.57. The molecule has 0 saturated carbocycles. The van der Waals surface area contributed by atoms with Gasteiger partial charge in [0.25, 0.3) is 5.91 Å². The van der Waals surface area contributed by atoms with E-state index in [0.717, 1.165) is 0 Å². The molecule has 0 aliphatic carbocycles. The zero-order valence-electron chi connectivity index (χ0n) is 37.5. The van der Waals surface area contributed by atoms with Crippen molar-refractivity contribution < 1.29 is 57.9 Å². The van der Waals surface area contributed by atoms with Gasteiger partial charge in [0.05, 0.1) is 42.0 Å². The van der Waals surface area contributed by atoms with Crippen LogP contribution in [-0.4, -0.2) is 131 Å². The van der Waals surface area contributed by atoms with Crippen molar-refractivity contribution in [1.29, 1.82) is 0 Å². The molecule has 3 fully saturated rings. The number of carbonyl (C=O) groups is 4. The fourth-order valence-corrected chi connectivity index (χ4v) is 9.31. The molecule has 2 aromatic rings. The summed E-state index contributed by atoms with van der Waals surface area (Å²) in [5, 5.41) is 31.2. The van der Waals surface area contributed by atoms with Crippen LogP contribution >= 0.6 is 11.3 Å². The average Bonchev–Trinajstić information content (AvgIpc) is 3.69. The van der Waals surface area contributed by atoms with Gasteiger partial charge >= 0.3 is 5.97 Å². The highest BCUT2D eigenvalue weighted by Gasteiger charge is 2.51. The normalized spacial score (nSPS) is 35.4. The highest BCUT2D eigenvalue weighted by molar-refractivity contribution is 7.14. The number of benzene rings is 1. The van der Waals surface area contributed by atoms with E-state index in [4.69, 9.17) is 28.5 Å². The van der Waals surface area contributed by atoms with E-state index in [-0.39, 0.29) is 62.8 Å². The van der Waals surface area contributed by atoms with Crippen LogP contribution in [0.2, 0.25) is 0 Å². The molecular formula is C45H64N4O12S. The number of carbonyl (C=O) groups excluding carboxylic acids is 4. The molecule has 0 unspecified atom stereocenters. The summed E-state index contributed by atoms with van der Waals surface area (Å²) in [7, 11) is 3.71. The van der Waals surface area contributed by atoms with Crippen LogP contribution in [0.5, 0.6) is 0 Å². The van der Waals surface area contributed by atoms with Gasteiger partial charge < -0.3 is 49.0 Å². The van der Waals surface area contributed by atoms with E-state index >= 15 is 0 Å². The lowest BCUT2D eigenvalue weighted by atomic mass is 9.76. The van der Waals surface area contributed by atoms with Crippen LogP contribution in [0, 0.1) is 17.8 Å². The SMILES string of the molecule is CC[C@H]1OC(=O)[C@H](C)C(=O)[C@H](C)[C@@H](O[C@@H]2O[C@H](C)C[C@H](N(C)C)[C@H]2O)[C@@]2(C)C[C@@H](C)C(=NC(C)=O)C[C@@H](OC/C(=N/OCc3ccc(C(=O)Nc4ccccc4)s3)CO2)[C@]1(C)O. The fourth-order valence-electron chi connectivity index (χ4n) is 8.50. The standard InChI is InChI=1S/C45H64N4O12S/c1-11-36-45(8,55)37-20-33(46-29(6)50)25(2)21-44(7,40(27(4)38(51)28(5)42(54)60-36)61-43-39(52)34(49(9)10)19-26(3)59-43)57-23-31(22-56-37)48-58-24-32-17-18-35(62-32)41(53)47-30-15-13-12-14-16-30/h12-18,25-28,34,36-37,39-40,43,52,55H,11,19-24H2,1-10H3,(H,47,53)/b46-33?,48-31-/t25-,26-,27+,28-,34+,36-,37-,39-,40-,43+,44-,45-/m1/s1. The van der Waals surface area contributed by atoms with Crippen molar-refractivity contribution in [2.75, 3.05) is 32.6 Å². The number of hydrogen-bond acceptors (Lipinski definition) is 15. The number of aliphatic hydroxyl groups is 2. The van der Waals surface area contributed by atoms with E-state index in [2.05, 4.69) is 15.5 Å². The number of esters is 1. The number of thiophene rings is 1. The van der Waals surface area contributed by atoms with Gasteiger partial charge in [-0.05, 0) is 91.2 Å². The third-order valence-electron chi connectivity index (χ3n) is 12.1. The molecular weight excluding hydrogens is 821 g/mol. The van der Waals surface area contributed by atoms with Gasteiger partial charge in [-0.2, -0.15) is 0 Å². The zero-order chi connectivity index (χ0) is 45.5. The summed E-state index contributed by atoms with van der Waals surface area (Å²) in [5.41, 5.74) is -1.95. The van der Waals surface area contributed by atoms with Crippen molar-refractivity contribution in [3.63, 3.8) is 0 Å². The number of anilines is 1. The quantitative estimate of drug-likeness (QED) is 0.169. The van der Waals surface area contributed by atoms with Crippen molar-refractivity contribution in [3.8, 4) is 0 Å². The molecule has 3 N–H and O–H groups in total. The summed E-state index contributed by atoms with van der Waals surface area (Å²) in [5.74, 6) is -4.93. The average molecular weight is 885 g/mol. The summed E-state index contributed by atoms with van der Waals surface area (Å²) >= 11 is 1.25. The molecule has 3 aliphatic heterocycles. The minimum absolute atomic E-state index is 0.00278. The second kappa shape index (κ2) is 21.2. The van der Waals surface area contributed by atoms with Gasteiger partial charge in [-0.3, -0.25) is 19.2 Å². The van der Waals surface area contributed by atoms with E-state index in [1.807, 2.05) is 51.0 Å². The number of ketones is 1. The van der Waals surface area contributed by atoms with Crippen LogP contribution in [-0.2, 0) is 49.5 Å². The molecule has 4 heterocycles. The minimum atomic E-state index is -1.85. The number of nitrogens with one attached hydrogen (secondary N) is 1. The number of aliphatic imine (C=N–C) groups is 1. The molecule has 2 amide bonds. The van der Waals surface area contributed by atoms with Crippen molar-refractivity contribution in [1.82, 2.24) is 4.90 Å². The number of likely N-dealkylation sites (N-methyl/N-ethyl adjacent to an activating group) is 1. The monoisotopic (exact) mass is 884 g/mol. The summed E-state index contributed by atoms with van der Waals surface area (Å²) in [6.07, 6.45) is -5.25. The first-order valence-corrected chi connectivity index (χ1v) is 22.1. The van der Waals surface area contributed by atoms with Crippen molar-refractivity contribution in [2.45, 2.75) is 142 Å². The van der Waals surface area contributed by atoms with Gasteiger partial charge in [0, 0.05) is 41.6 Å². The third kappa shape index (κ3) is 12.0. The second-order valence-electron chi connectivity index (χ2n) is 17.5. The van der Waals surface area contributed by atoms with Crippen LogP contribution in [0.4, 0.5) is 5.69 Å². The van der Waals surface area contributed by atoms with Crippen LogP contribution in [0.3, 0.4) is 0 Å². The molecule has 16 nitrogen and oxygen atoms in total. The van der Waals surface area contributed by atoms with E-state index in [9.17, 15) is 29.4 Å². The summed E-state index contributed by atoms with van der Waals surface area (Å²) in [6, 6.07) is 12.3. The van der Waals surface area contributed by atoms with Crippen molar-refractivity contribution in [3.05, 3.63) is 52.2 Å².